The molecule has 2 heterocycles. The third-order valence-electron chi connectivity index (χ3n) is 5.19. The molecule has 168 valence electrons. The molecule has 8 heteroatoms. The van der Waals surface area contributed by atoms with Gasteiger partial charge in [-0.3, -0.25) is 4.99 Å². The molecule has 1 unspecified atom stereocenters. The van der Waals surface area contributed by atoms with Gasteiger partial charge in [0.05, 0.1) is 11.6 Å². The minimum atomic E-state index is 0.294. The highest BCUT2D eigenvalue weighted by Gasteiger charge is 2.25. The zero-order valence-corrected chi connectivity index (χ0v) is 19.4. The van der Waals surface area contributed by atoms with Crippen LogP contribution in [0.15, 0.2) is 47.6 Å². The van der Waals surface area contributed by atoms with E-state index >= 15 is 0 Å². The van der Waals surface area contributed by atoms with Gasteiger partial charge in [-0.05, 0) is 56.8 Å². The van der Waals surface area contributed by atoms with E-state index in [4.69, 9.17) is 16.3 Å². The van der Waals surface area contributed by atoms with Crippen molar-refractivity contribution in [3.8, 4) is 5.75 Å². The normalized spacial score (nSPS) is 16.6. The van der Waals surface area contributed by atoms with Crippen LogP contribution in [0.3, 0.4) is 0 Å². The first-order chi connectivity index (χ1) is 15.0. The second-order valence-corrected chi connectivity index (χ2v) is 8.37. The number of guanidine groups is 1. The molecular formula is C23H33ClN6O. The zero-order valence-electron chi connectivity index (χ0n) is 18.6. The van der Waals surface area contributed by atoms with E-state index < -0.39 is 0 Å². The Balaban J connectivity index is 1.42. The van der Waals surface area contributed by atoms with Gasteiger partial charge in [0, 0.05) is 45.5 Å². The summed E-state index contributed by atoms with van der Waals surface area (Å²) in [7, 11) is 5.94. The lowest BCUT2D eigenvalue weighted by Crippen LogP contribution is -2.44. The van der Waals surface area contributed by atoms with Crippen LogP contribution in [0.5, 0.6) is 5.75 Å². The number of aromatic nitrogens is 1. The van der Waals surface area contributed by atoms with E-state index in [1.165, 1.54) is 5.56 Å². The molecule has 1 aromatic heterocycles. The zero-order chi connectivity index (χ0) is 22.1. The van der Waals surface area contributed by atoms with Crippen molar-refractivity contribution in [2.45, 2.75) is 25.4 Å². The third kappa shape index (κ3) is 7.29. The molecule has 1 fully saturated rings. The fourth-order valence-corrected chi connectivity index (χ4v) is 3.77. The van der Waals surface area contributed by atoms with Gasteiger partial charge in [-0.1, -0.05) is 23.7 Å². The summed E-state index contributed by atoms with van der Waals surface area (Å²) in [4.78, 5) is 13.2. The van der Waals surface area contributed by atoms with Gasteiger partial charge in [0.1, 0.15) is 11.6 Å². The molecular weight excluding hydrogens is 412 g/mol. The van der Waals surface area contributed by atoms with Crippen LogP contribution in [-0.2, 0) is 6.54 Å². The van der Waals surface area contributed by atoms with Crippen molar-refractivity contribution in [2.24, 2.45) is 4.99 Å². The van der Waals surface area contributed by atoms with Gasteiger partial charge >= 0.3 is 0 Å². The van der Waals surface area contributed by atoms with Crippen LogP contribution in [0, 0.1) is 0 Å². The lowest BCUT2D eigenvalue weighted by atomic mass is 10.2. The van der Waals surface area contributed by atoms with Gasteiger partial charge < -0.3 is 25.2 Å². The number of aliphatic imine (C=N–C) groups is 1. The molecule has 2 aromatic rings. The van der Waals surface area contributed by atoms with Gasteiger partial charge in [0.15, 0.2) is 5.96 Å². The summed E-state index contributed by atoms with van der Waals surface area (Å²) < 4.78 is 5.80. The Morgan fingerprint density at radius 1 is 1.29 bits per heavy atom. The van der Waals surface area contributed by atoms with E-state index in [2.05, 4.69) is 56.6 Å². The summed E-state index contributed by atoms with van der Waals surface area (Å²) in [6.07, 6.45) is 3.81. The van der Waals surface area contributed by atoms with Crippen LogP contribution >= 0.6 is 11.6 Å². The average molecular weight is 445 g/mol. The Bertz CT molecular complexity index is 842. The number of ether oxygens (including phenoxy) is 1. The predicted molar refractivity (Wildman–Crippen MR) is 128 cm³/mol. The molecule has 31 heavy (non-hydrogen) atoms. The molecule has 0 aliphatic carbocycles. The highest BCUT2D eigenvalue weighted by atomic mass is 35.5. The molecule has 0 amide bonds. The largest absolute Gasteiger partial charge is 0.494 e. The van der Waals surface area contributed by atoms with Gasteiger partial charge in [-0.25, -0.2) is 4.98 Å². The van der Waals surface area contributed by atoms with Crippen molar-refractivity contribution in [3.05, 3.63) is 53.2 Å². The number of anilines is 1. The van der Waals surface area contributed by atoms with Crippen LogP contribution in [0.1, 0.15) is 18.4 Å². The maximum absolute atomic E-state index is 6.29. The maximum atomic E-state index is 6.29. The molecule has 1 aliphatic rings. The topological polar surface area (TPSA) is 65.0 Å². The summed E-state index contributed by atoms with van der Waals surface area (Å²) in [5.74, 6) is 2.55. The highest BCUT2D eigenvalue weighted by Crippen LogP contribution is 2.25. The van der Waals surface area contributed by atoms with E-state index in [9.17, 15) is 0 Å². The highest BCUT2D eigenvalue weighted by molar-refractivity contribution is 6.32. The Morgan fingerprint density at radius 2 is 2.10 bits per heavy atom. The van der Waals surface area contributed by atoms with Crippen LogP contribution < -0.4 is 20.3 Å². The lowest BCUT2D eigenvalue weighted by Gasteiger charge is -2.20. The molecule has 0 bridgehead atoms. The Kier molecular flexibility index (Phi) is 8.79. The smallest absolute Gasteiger partial charge is 0.191 e. The number of halogens is 1. The molecule has 7 nitrogen and oxygen atoms in total. The van der Waals surface area contributed by atoms with E-state index in [-0.39, 0.29) is 0 Å². The Labute approximate surface area is 190 Å². The number of rotatable bonds is 9. The van der Waals surface area contributed by atoms with E-state index in [0.29, 0.717) is 17.6 Å². The summed E-state index contributed by atoms with van der Waals surface area (Å²) in [6.45, 7) is 4.22. The van der Waals surface area contributed by atoms with Gasteiger partial charge in [0.25, 0.3) is 0 Å². The second kappa shape index (κ2) is 11.8. The maximum Gasteiger partial charge on any atom is 0.191 e. The number of nitrogens with zero attached hydrogens (tertiary/aromatic N) is 4. The third-order valence-corrected chi connectivity index (χ3v) is 5.49. The first kappa shape index (κ1) is 23.2. The summed E-state index contributed by atoms with van der Waals surface area (Å²) in [5, 5.41) is 7.59. The minimum Gasteiger partial charge on any atom is -0.494 e. The fraction of sp³-hybridized carbons (Fsp3) is 0.478. The van der Waals surface area contributed by atoms with Crippen LogP contribution in [0.4, 0.5) is 5.82 Å². The number of benzene rings is 1. The molecule has 1 aromatic carbocycles. The first-order valence-corrected chi connectivity index (χ1v) is 11.1. The first-order valence-electron chi connectivity index (χ1n) is 10.7. The van der Waals surface area contributed by atoms with Gasteiger partial charge in [-0.15, -0.1) is 0 Å². The molecule has 2 N–H and O–H groups in total. The van der Waals surface area contributed by atoms with Gasteiger partial charge in [-0.2, -0.15) is 0 Å². The quantitative estimate of drug-likeness (QED) is 0.352. The van der Waals surface area contributed by atoms with Crippen molar-refractivity contribution in [3.63, 3.8) is 0 Å². The molecule has 0 spiro atoms. The molecule has 3 rings (SSSR count). The van der Waals surface area contributed by atoms with Crippen LogP contribution in [0.2, 0.25) is 5.02 Å². The number of pyridine rings is 1. The molecule has 0 saturated carbocycles. The number of hydrogen-bond donors (Lipinski definition) is 2. The summed E-state index contributed by atoms with van der Waals surface area (Å²) in [6, 6.07) is 12.2. The van der Waals surface area contributed by atoms with E-state index in [1.54, 1.807) is 13.2 Å². The molecule has 0 radical (unpaired) electrons. The van der Waals surface area contributed by atoms with Crippen molar-refractivity contribution >= 4 is 23.4 Å². The van der Waals surface area contributed by atoms with E-state index in [1.807, 2.05) is 24.3 Å². The Hall–Kier alpha value is -2.51. The van der Waals surface area contributed by atoms with Crippen molar-refractivity contribution in [1.29, 1.82) is 0 Å². The number of nitrogens with one attached hydrogen (secondary N) is 2. The van der Waals surface area contributed by atoms with Crippen LogP contribution in [0.25, 0.3) is 0 Å². The van der Waals surface area contributed by atoms with Crippen LogP contribution in [-0.4, -0.2) is 69.3 Å². The SMILES string of the molecule is CN=C(NCc1ccc(OCCCN(C)C)cc1)NC1CCN(c2ncccc2Cl)C1. The average Bonchev–Trinajstić information content (AvgIpc) is 3.23. The fourth-order valence-electron chi connectivity index (χ4n) is 3.53. The monoisotopic (exact) mass is 444 g/mol. The Morgan fingerprint density at radius 3 is 2.81 bits per heavy atom. The molecule has 1 saturated heterocycles. The van der Waals surface area contributed by atoms with Crippen molar-refractivity contribution in [2.75, 3.05) is 52.3 Å². The number of hydrogen-bond acceptors (Lipinski definition) is 5. The molecule has 1 atom stereocenters. The van der Waals surface area contributed by atoms with Crippen molar-refractivity contribution in [1.82, 2.24) is 20.5 Å². The van der Waals surface area contributed by atoms with Crippen molar-refractivity contribution < 1.29 is 4.74 Å². The molecule has 1 aliphatic heterocycles. The summed E-state index contributed by atoms with van der Waals surface area (Å²) in [5.41, 5.74) is 1.18. The summed E-state index contributed by atoms with van der Waals surface area (Å²) >= 11 is 6.29. The lowest BCUT2D eigenvalue weighted by molar-refractivity contribution is 0.281. The predicted octanol–water partition coefficient (Wildman–Crippen LogP) is 3.01. The second-order valence-electron chi connectivity index (χ2n) is 7.96. The van der Waals surface area contributed by atoms with E-state index in [0.717, 1.165) is 56.6 Å². The minimum absolute atomic E-state index is 0.294. The van der Waals surface area contributed by atoms with Gasteiger partial charge in [0.2, 0.25) is 0 Å². The standard InChI is InChI=1S/C23H33ClN6O/c1-25-23(28-19-11-14-30(17-19)22-21(24)6-4-12-26-22)27-16-18-7-9-20(10-8-18)31-15-5-13-29(2)3/h4,6-10,12,19H,5,11,13-17H2,1-3H3,(H2,25,27,28).